The zero-order chi connectivity index (χ0) is 18.1. The van der Waals surface area contributed by atoms with E-state index in [2.05, 4.69) is 11.1 Å². The molecule has 0 spiro atoms. The minimum Gasteiger partial charge on any atom is -0.335 e. The molecule has 4 nitrogen and oxygen atoms in total. The molecule has 2 aromatic carbocycles. The third kappa shape index (κ3) is 3.10. The van der Waals surface area contributed by atoms with E-state index in [0.717, 1.165) is 17.7 Å². The average Bonchev–Trinajstić information content (AvgIpc) is 3.14. The van der Waals surface area contributed by atoms with Gasteiger partial charge in [-0.15, -0.1) is 0 Å². The minimum atomic E-state index is -0.838. The minimum absolute atomic E-state index is 0.110. The number of hydrogen-bond acceptors (Lipinski definition) is 2. The van der Waals surface area contributed by atoms with Crippen molar-refractivity contribution in [2.24, 2.45) is 0 Å². The fraction of sp³-hybridized carbons (Fsp3) is 0.200. The highest BCUT2D eigenvalue weighted by molar-refractivity contribution is 5.94. The van der Waals surface area contributed by atoms with Gasteiger partial charge in [0.2, 0.25) is 0 Å². The molecule has 0 radical (unpaired) electrons. The number of nitrogens with zero attached hydrogens (tertiary/aromatic N) is 3. The van der Waals surface area contributed by atoms with Gasteiger partial charge < -0.3 is 9.47 Å². The Labute approximate surface area is 149 Å². The summed E-state index contributed by atoms with van der Waals surface area (Å²) in [4.78, 5) is 18.7. The molecule has 26 heavy (non-hydrogen) atoms. The summed E-state index contributed by atoms with van der Waals surface area (Å²) in [5.41, 5.74) is 2.12. The van der Waals surface area contributed by atoms with Crippen LogP contribution in [0.2, 0.25) is 0 Å². The summed E-state index contributed by atoms with van der Waals surface area (Å²) in [5, 5.41) is 0. The van der Waals surface area contributed by atoms with Crippen LogP contribution in [0.4, 0.5) is 8.78 Å². The van der Waals surface area contributed by atoms with Gasteiger partial charge in [0.1, 0.15) is 11.6 Å². The van der Waals surface area contributed by atoms with Gasteiger partial charge in [-0.2, -0.15) is 0 Å². The number of hydrogen-bond donors (Lipinski definition) is 0. The SMILES string of the molecule is O=C(c1ccc(F)cc1F)N1Cc2ccccc2CC1Cn1ccnc1. The molecule has 0 saturated heterocycles. The van der Waals surface area contributed by atoms with E-state index in [1.165, 1.54) is 11.6 Å². The Morgan fingerprint density at radius 2 is 1.96 bits per heavy atom. The molecule has 1 aliphatic rings. The molecule has 6 heteroatoms. The van der Waals surface area contributed by atoms with Crippen LogP contribution >= 0.6 is 0 Å². The molecule has 0 fully saturated rings. The number of imidazole rings is 1. The molecule has 4 rings (SSSR count). The van der Waals surface area contributed by atoms with Gasteiger partial charge in [-0.1, -0.05) is 24.3 Å². The molecule has 1 amide bonds. The molecule has 0 aliphatic carbocycles. The molecule has 132 valence electrons. The maximum Gasteiger partial charge on any atom is 0.257 e. The third-order valence-electron chi connectivity index (χ3n) is 4.76. The summed E-state index contributed by atoms with van der Waals surface area (Å²) in [5.74, 6) is -1.96. The Kier molecular flexibility index (Phi) is 4.24. The molecular weight excluding hydrogens is 336 g/mol. The summed E-state index contributed by atoms with van der Waals surface area (Å²) >= 11 is 0. The van der Waals surface area contributed by atoms with E-state index in [-0.39, 0.29) is 11.6 Å². The van der Waals surface area contributed by atoms with E-state index >= 15 is 0 Å². The first-order valence-corrected chi connectivity index (χ1v) is 8.40. The monoisotopic (exact) mass is 353 g/mol. The highest BCUT2D eigenvalue weighted by Gasteiger charge is 2.31. The van der Waals surface area contributed by atoms with Crippen LogP contribution < -0.4 is 0 Å². The molecule has 0 saturated carbocycles. The number of carbonyl (C=O) groups excluding carboxylic acids is 1. The standard InChI is InChI=1S/C20H17F2N3O/c21-16-5-6-18(19(22)10-16)20(26)25-11-15-4-2-1-3-14(15)9-17(25)12-24-8-7-23-13-24/h1-8,10,13,17H,9,11-12H2. The Balaban J connectivity index is 1.69. The van der Waals surface area contributed by atoms with Gasteiger partial charge in [0, 0.05) is 31.5 Å². The van der Waals surface area contributed by atoms with Crippen LogP contribution in [-0.4, -0.2) is 26.4 Å². The molecule has 1 unspecified atom stereocenters. The largest absolute Gasteiger partial charge is 0.335 e. The maximum atomic E-state index is 14.2. The second-order valence-electron chi connectivity index (χ2n) is 6.44. The molecule has 0 N–H and O–H groups in total. The van der Waals surface area contributed by atoms with Crippen LogP contribution in [0.1, 0.15) is 21.5 Å². The fourth-order valence-corrected chi connectivity index (χ4v) is 3.44. The van der Waals surface area contributed by atoms with Crippen molar-refractivity contribution < 1.29 is 13.6 Å². The lowest BCUT2D eigenvalue weighted by atomic mass is 9.93. The molecule has 1 atom stereocenters. The lowest BCUT2D eigenvalue weighted by Crippen LogP contribution is -2.46. The smallest absolute Gasteiger partial charge is 0.257 e. The van der Waals surface area contributed by atoms with Crippen molar-refractivity contribution in [2.75, 3.05) is 0 Å². The number of fused-ring (bicyclic) bond motifs is 1. The van der Waals surface area contributed by atoms with Crippen LogP contribution in [0.3, 0.4) is 0 Å². The molecular formula is C20H17F2N3O. The number of halogens is 2. The van der Waals surface area contributed by atoms with Crippen LogP contribution in [0, 0.1) is 11.6 Å². The van der Waals surface area contributed by atoms with Crippen LogP contribution in [0.5, 0.6) is 0 Å². The molecule has 2 heterocycles. The lowest BCUT2D eigenvalue weighted by molar-refractivity contribution is 0.0613. The van der Waals surface area contributed by atoms with Crippen molar-refractivity contribution in [3.8, 4) is 0 Å². The summed E-state index contributed by atoms with van der Waals surface area (Å²) in [6, 6.07) is 10.9. The first kappa shape index (κ1) is 16.4. The molecule has 3 aromatic rings. The average molecular weight is 353 g/mol. The van der Waals surface area contributed by atoms with Crippen LogP contribution in [0.15, 0.2) is 61.2 Å². The Hall–Kier alpha value is -3.02. The van der Waals surface area contributed by atoms with E-state index in [9.17, 15) is 13.6 Å². The predicted molar refractivity (Wildman–Crippen MR) is 92.4 cm³/mol. The summed E-state index contributed by atoms with van der Waals surface area (Å²) < 4.78 is 29.3. The van der Waals surface area contributed by atoms with Crippen LogP contribution in [0.25, 0.3) is 0 Å². The van der Waals surface area contributed by atoms with E-state index in [0.29, 0.717) is 19.5 Å². The highest BCUT2D eigenvalue weighted by Crippen LogP contribution is 2.26. The zero-order valence-electron chi connectivity index (χ0n) is 14.0. The molecule has 0 bridgehead atoms. The molecule has 1 aliphatic heterocycles. The predicted octanol–water partition coefficient (Wildman–Crippen LogP) is 3.43. The number of benzene rings is 2. The third-order valence-corrected chi connectivity index (χ3v) is 4.76. The summed E-state index contributed by atoms with van der Waals surface area (Å²) in [6.45, 7) is 0.952. The first-order valence-electron chi connectivity index (χ1n) is 8.40. The Morgan fingerprint density at radius 1 is 1.15 bits per heavy atom. The van der Waals surface area contributed by atoms with Crippen molar-refractivity contribution in [1.29, 1.82) is 0 Å². The van der Waals surface area contributed by atoms with Crippen molar-refractivity contribution >= 4 is 5.91 Å². The van der Waals surface area contributed by atoms with E-state index < -0.39 is 17.5 Å². The van der Waals surface area contributed by atoms with Crippen LogP contribution in [-0.2, 0) is 19.5 Å². The van der Waals surface area contributed by atoms with E-state index in [1.807, 2.05) is 29.0 Å². The van der Waals surface area contributed by atoms with Crippen molar-refractivity contribution in [1.82, 2.24) is 14.5 Å². The number of rotatable bonds is 3. The van der Waals surface area contributed by atoms with Crippen molar-refractivity contribution in [2.45, 2.75) is 25.6 Å². The van der Waals surface area contributed by atoms with E-state index in [4.69, 9.17) is 0 Å². The normalized spacial score (nSPS) is 16.4. The van der Waals surface area contributed by atoms with E-state index in [1.54, 1.807) is 17.4 Å². The first-order chi connectivity index (χ1) is 12.6. The van der Waals surface area contributed by atoms with Gasteiger partial charge >= 0.3 is 0 Å². The highest BCUT2D eigenvalue weighted by atomic mass is 19.1. The molecule has 1 aromatic heterocycles. The second-order valence-corrected chi connectivity index (χ2v) is 6.44. The Bertz CT molecular complexity index is 940. The summed E-state index contributed by atoms with van der Waals surface area (Å²) in [6.07, 6.45) is 5.88. The van der Waals surface area contributed by atoms with Gasteiger partial charge in [-0.3, -0.25) is 4.79 Å². The maximum absolute atomic E-state index is 14.2. The number of amides is 1. The van der Waals surface area contributed by atoms with Gasteiger partial charge in [-0.05, 0) is 29.7 Å². The lowest BCUT2D eigenvalue weighted by Gasteiger charge is -2.37. The number of aromatic nitrogens is 2. The Morgan fingerprint density at radius 3 is 2.69 bits per heavy atom. The second kappa shape index (κ2) is 6.71. The summed E-state index contributed by atoms with van der Waals surface area (Å²) in [7, 11) is 0. The van der Waals surface area contributed by atoms with Crippen molar-refractivity contribution in [3.05, 3.63) is 89.5 Å². The van der Waals surface area contributed by atoms with Gasteiger partial charge in [0.15, 0.2) is 0 Å². The zero-order valence-corrected chi connectivity index (χ0v) is 14.0. The van der Waals surface area contributed by atoms with Gasteiger partial charge in [0.05, 0.1) is 17.9 Å². The van der Waals surface area contributed by atoms with Crippen molar-refractivity contribution in [3.63, 3.8) is 0 Å². The quantitative estimate of drug-likeness (QED) is 0.724. The number of carbonyl (C=O) groups is 1. The topological polar surface area (TPSA) is 38.1 Å². The fourth-order valence-electron chi connectivity index (χ4n) is 3.44. The van der Waals surface area contributed by atoms with Gasteiger partial charge in [0.25, 0.3) is 5.91 Å². The van der Waals surface area contributed by atoms with Gasteiger partial charge in [-0.25, -0.2) is 13.8 Å².